The molecule has 1 aliphatic rings. The number of nitrogens with zero attached hydrogens (tertiary/aromatic N) is 1. The van der Waals surface area contributed by atoms with Gasteiger partial charge in [-0.2, -0.15) is 0 Å². The molecule has 1 aliphatic heterocycles. The lowest BCUT2D eigenvalue weighted by atomic mass is 9.88. The Morgan fingerprint density at radius 2 is 1.82 bits per heavy atom. The Hall–Kier alpha value is -3.58. The third kappa shape index (κ3) is 5.09. The van der Waals surface area contributed by atoms with Gasteiger partial charge >= 0.3 is 12.1 Å². The maximum absolute atomic E-state index is 14.0. The molecular weight excluding hydrogens is 449 g/mol. The zero-order valence-corrected chi connectivity index (χ0v) is 18.3. The number of hydrogen-bond acceptors (Lipinski definition) is 4. The number of carboxylic acid groups (broad SMARTS) is 1. The summed E-state index contributed by atoms with van der Waals surface area (Å²) in [6.07, 6.45) is -0.0187. The van der Waals surface area contributed by atoms with Crippen LogP contribution in [-0.4, -0.2) is 35.2 Å². The summed E-state index contributed by atoms with van der Waals surface area (Å²) < 4.78 is 25.0. The highest BCUT2D eigenvalue weighted by Gasteiger charge is 2.35. The van der Waals surface area contributed by atoms with E-state index in [4.69, 9.17) is 26.2 Å². The number of aliphatic carboxylic acids is 1. The molecule has 0 aromatic heterocycles. The van der Waals surface area contributed by atoms with Gasteiger partial charge in [0.05, 0.1) is 6.04 Å². The van der Waals surface area contributed by atoms with Gasteiger partial charge < -0.3 is 14.6 Å². The SMILES string of the molecule is O=C(O)COc1ccc(Cl)cc1[C@@H]1c2ccccc2CCN1C(=O)OCc1ccccc1F. The molecule has 1 atom stereocenters. The minimum absolute atomic E-state index is 0.214. The second-order valence-corrected chi connectivity index (χ2v) is 7.99. The number of carboxylic acids is 1. The second kappa shape index (κ2) is 9.92. The molecule has 0 bridgehead atoms. The molecule has 6 nitrogen and oxygen atoms in total. The lowest BCUT2D eigenvalue weighted by molar-refractivity contribution is -0.139. The summed E-state index contributed by atoms with van der Waals surface area (Å²) in [5.74, 6) is -1.28. The van der Waals surface area contributed by atoms with Crippen LogP contribution in [0.2, 0.25) is 5.02 Å². The predicted octanol–water partition coefficient (Wildman–Crippen LogP) is 5.23. The smallest absolute Gasteiger partial charge is 0.410 e. The van der Waals surface area contributed by atoms with E-state index in [1.165, 1.54) is 11.0 Å². The Labute approximate surface area is 195 Å². The lowest BCUT2D eigenvalue weighted by Gasteiger charge is -2.37. The first-order valence-corrected chi connectivity index (χ1v) is 10.7. The fraction of sp³-hybridized carbons (Fsp3) is 0.200. The maximum Gasteiger partial charge on any atom is 0.410 e. The molecular formula is C25H21ClFNO5. The van der Waals surface area contributed by atoms with Crippen molar-refractivity contribution in [3.63, 3.8) is 0 Å². The van der Waals surface area contributed by atoms with Crippen molar-refractivity contribution in [2.45, 2.75) is 19.1 Å². The topological polar surface area (TPSA) is 76.1 Å². The molecule has 1 heterocycles. The Morgan fingerprint density at radius 3 is 2.61 bits per heavy atom. The molecule has 170 valence electrons. The summed E-state index contributed by atoms with van der Waals surface area (Å²) in [6.45, 7) is -0.405. The number of carbonyl (C=O) groups is 2. The molecule has 3 aromatic rings. The van der Waals surface area contributed by atoms with Gasteiger partial charge in [-0.3, -0.25) is 4.90 Å². The molecule has 1 N–H and O–H groups in total. The van der Waals surface area contributed by atoms with Crippen molar-refractivity contribution in [2.75, 3.05) is 13.2 Å². The Kier molecular flexibility index (Phi) is 6.79. The minimum Gasteiger partial charge on any atom is -0.482 e. The van der Waals surface area contributed by atoms with Gasteiger partial charge in [-0.05, 0) is 41.8 Å². The van der Waals surface area contributed by atoms with E-state index in [0.29, 0.717) is 29.3 Å². The number of benzene rings is 3. The van der Waals surface area contributed by atoms with Crippen LogP contribution in [0.5, 0.6) is 5.75 Å². The minimum atomic E-state index is -1.12. The van der Waals surface area contributed by atoms with Gasteiger partial charge in [0.2, 0.25) is 0 Å². The number of fused-ring (bicyclic) bond motifs is 1. The normalized spacial score (nSPS) is 15.0. The van der Waals surface area contributed by atoms with E-state index in [1.807, 2.05) is 24.3 Å². The summed E-state index contributed by atoms with van der Waals surface area (Å²) in [5.41, 5.74) is 2.71. The molecule has 0 fully saturated rings. The molecule has 0 aliphatic carbocycles. The fourth-order valence-electron chi connectivity index (χ4n) is 3.94. The molecule has 0 saturated carbocycles. The number of ether oxygens (including phenoxy) is 2. The largest absolute Gasteiger partial charge is 0.482 e. The molecule has 0 unspecified atom stereocenters. The molecule has 3 aromatic carbocycles. The van der Waals surface area contributed by atoms with Gasteiger partial charge in [0, 0.05) is 22.7 Å². The first kappa shape index (κ1) is 22.6. The second-order valence-electron chi connectivity index (χ2n) is 7.56. The van der Waals surface area contributed by atoms with Gasteiger partial charge in [0.15, 0.2) is 6.61 Å². The first-order valence-electron chi connectivity index (χ1n) is 10.3. The highest BCUT2D eigenvalue weighted by molar-refractivity contribution is 6.30. The third-order valence-corrected chi connectivity index (χ3v) is 5.68. The van der Waals surface area contributed by atoms with E-state index in [2.05, 4.69) is 0 Å². The molecule has 0 saturated heterocycles. The molecule has 4 rings (SSSR count). The van der Waals surface area contributed by atoms with Crippen LogP contribution in [0, 0.1) is 5.82 Å². The van der Waals surface area contributed by atoms with Gasteiger partial charge in [0.25, 0.3) is 0 Å². The Bertz CT molecular complexity index is 1180. The molecule has 0 spiro atoms. The zero-order chi connectivity index (χ0) is 23.4. The average molecular weight is 470 g/mol. The van der Waals surface area contributed by atoms with Gasteiger partial charge in [0.1, 0.15) is 18.2 Å². The van der Waals surface area contributed by atoms with E-state index >= 15 is 0 Å². The van der Waals surface area contributed by atoms with Crippen molar-refractivity contribution in [3.8, 4) is 5.75 Å². The highest BCUT2D eigenvalue weighted by atomic mass is 35.5. The van der Waals surface area contributed by atoms with Gasteiger partial charge in [-0.1, -0.05) is 54.1 Å². The van der Waals surface area contributed by atoms with Gasteiger partial charge in [-0.15, -0.1) is 0 Å². The summed E-state index contributed by atoms with van der Waals surface area (Å²) in [6, 6.07) is 18.0. The Morgan fingerprint density at radius 1 is 1.06 bits per heavy atom. The van der Waals surface area contributed by atoms with Gasteiger partial charge in [-0.25, -0.2) is 14.0 Å². The van der Waals surface area contributed by atoms with Crippen LogP contribution in [0.15, 0.2) is 66.7 Å². The number of rotatable bonds is 6. The van der Waals surface area contributed by atoms with E-state index in [9.17, 15) is 14.0 Å². The Balaban J connectivity index is 1.69. The number of halogens is 2. The number of hydrogen-bond donors (Lipinski definition) is 1. The van der Waals surface area contributed by atoms with Crippen LogP contribution in [0.1, 0.15) is 28.3 Å². The third-order valence-electron chi connectivity index (χ3n) is 5.44. The van der Waals surface area contributed by atoms with Crippen molar-refractivity contribution in [2.24, 2.45) is 0 Å². The van der Waals surface area contributed by atoms with Crippen molar-refractivity contribution < 1.29 is 28.6 Å². The lowest BCUT2D eigenvalue weighted by Crippen LogP contribution is -2.41. The standard InChI is InChI=1S/C25H21ClFNO5/c26-18-9-10-22(32-15-23(29)30)20(13-18)24-19-7-3-1-5-16(19)11-12-28(24)25(31)33-14-17-6-2-4-8-21(17)27/h1-10,13,24H,11-12,14-15H2,(H,29,30)/t24-/m0/s1. The monoisotopic (exact) mass is 469 g/mol. The van der Waals surface area contributed by atoms with Crippen molar-refractivity contribution >= 4 is 23.7 Å². The summed E-state index contributed by atoms with van der Waals surface area (Å²) >= 11 is 6.26. The van der Waals surface area contributed by atoms with Crippen LogP contribution < -0.4 is 4.74 Å². The first-order chi connectivity index (χ1) is 15.9. The van der Waals surface area contributed by atoms with E-state index in [-0.39, 0.29) is 12.2 Å². The number of carbonyl (C=O) groups excluding carboxylic acids is 1. The molecule has 33 heavy (non-hydrogen) atoms. The van der Waals surface area contributed by atoms with Crippen molar-refractivity contribution in [1.82, 2.24) is 4.90 Å². The zero-order valence-electron chi connectivity index (χ0n) is 17.5. The van der Waals surface area contributed by atoms with E-state index in [0.717, 1.165) is 11.1 Å². The average Bonchev–Trinajstić information content (AvgIpc) is 2.81. The van der Waals surface area contributed by atoms with Crippen LogP contribution in [0.4, 0.5) is 9.18 Å². The van der Waals surface area contributed by atoms with Crippen molar-refractivity contribution in [1.29, 1.82) is 0 Å². The molecule has 0 radical (unpaired) electrons. The van der Waals surface area contributed by atoms with Crippen molar-refractivity contribution in [3.05, 3.63) is 99.8 Å². The summed E-state index contributed by atoms with van der Waals surface area (Å²) in [7, 11) is 0. The molecule has 1 amide bonds. The number of amides is 1. The van der Waals surface area contributed by atoms with Crippen LogP contribution in [-0.2, 0) is 22.6 Å². The fourth-order valence-corrected chi connectivity index (χ4v) is 4.12. The van der Waals surface area contributed by atoms with E-state index in [1.54, 1.807) is 36.4 Å². The summed E-state index contributed by atoms with van der Waals surface area (Å²) in [5, 5.41) is 9.48. The molecule has 8 heteroatoms. The van der Waals surface area contributed by atoms with Crippen LogP contribution >= 0.6 is 11.6 Å². The quantitative estimate of drug-likeness (QED) is 0.535. The summed E-state index contributed by atoms with van der Waals surface area (Å²) in [4.78, 5) is 25.8. The predicted molar refractivity (Wildman–Crippen MR) is 120 cm³/mol. The van der Waals surface area contributed by atoms with Crippen LogP contribution in [0.3, 0.4) is 0 Å². The highest BCUT2D eigenvalue weighted by Crippen LogP contribution is 2.40. The van der Waals surface area contributed by atoms with Crippen LogP contribution in [0.25, 0.3) is 0 Å². The van der Waals surface area contributed by atoms with E-state index < -0.39 is 30.5 Å². The maximum atomic E-state index is 14.0.